The van der Waals surface area contributed by atoms with Crippen molar-refractivity contribution >= 4 is 10.9 Å². The Hall–Kier alpha value is -1.35. The molecule has 0 bridgehead atoms. The molecular weight excluding hydrogens is 251 g/mol. The molecule has 1 heterocycles. The lowest BCUT2D eigenvalue weighted by atomic mass is 9.91. The molecule has 20 heavy (non-hydrogen) atoms. The highest BCUT2D eigenvalue weighted by Gasteiger charge is 2.24. The summed E-state index contributed by atoms with van der Waals surface area (Å²) in [4.78, 5) is 5.69. The number of hydrogen-bond donors (Lipinski definition) is 1. The highest BCUT2D eigenvalue weighted by molar-refractivity contribution is 5.83. The van der Waals surface area contributed by atoms with Crippen molar-refractivity contribution in [2.75, 3.05) is 13.1 Å². The van der Waals surface area contributed by atoms with Gasteiger partial charge < -0.3 is 9.88 Å². The Kier molecular flexibility index (Phi) is 4.06. The third-order valence-electron chi connectivity index (χ3n) is 4.52. The molecule has 0 aliphatic heterocycles. The zero-order valence-corrected chi connectivity index (χ0v) is 12.2. The van der Waals surface area contributed by atoms with E-state index < -0.39 is 0 Å². The van der Waals surface area contributed by atoms with Gasteiger partial charge in [0.15, 0.2) is 0 Å². The minimum absolute atomic E-state index is 0.154. The minimum atomic E-state index is -0.154. The van der Waals surface area contributed by atoms with Gasteiger partial charge in [0, 0.05) is 24.2 Å². The topological polar surface area (TPSA) is 19.0 Å². The van der Waals surface area contributed by atoms with Crippen molar-refractivity contribution in [2.24, 2.45) is 0 Å². The molecule has 0 atom stereocenters. The zero-order chi connectivity index (χ0) is 13.9. The van der Waals surface area contributed by atoms with Crippen molar-refractivity contribution in [3.63, 3.8) is 0 Å². The Morgan fingerprint density at radius 3 is 2.85 bits per heavy atom. The van der Waals surface area contributed by atoms with Gasteiger partial charge in [-0.05, 0) is 43.9 Å². The number of nitrogens with one attached hydrogen (secondary N) is 1. The van der Waals surface area contributed by atoms with E-state index in [0.29, 0.717) is 5.52 Å². The first kappa shape index (κ1) is 13.6. The maximum absolute atomic E-state index is 13.7. The fourth-order valence-electron chi connectivity index (χ4n) is 3.16. The third-order valence-corrected chi connectivity index (χ3v) is 4.52. The monoisotopic (exact) mass is 274 g/mol. The van der Waals surface area contributed by atoms with Gasteiger partial charge >= 0.3 is 0 Å². The molecule has 1 fully saturated rings. The highest BCUT2D eigenvalue weighted by Crippen LogP contribution is 2.26. The van der Waals surface area contributed by atoms with E-state index in [4.69, 9.17) is 0 Å². The number of aromatic amines is 1. The van der Waals surface area contributed by atoms with Crippen molar-refractivity contribution in [1.82, 2.24) is 9.88 Å². The maximum atomic E-state index is 13.7. The molecule has 2 nitrogen and oxygen atoms in total. The number of benzene rings is 1. The van der Waals surface area contributed by atoms with Crippen LogP contribution in [-0.4, -0.2) is 29.0 Å². The van der Waals surface area contributed by atoms with Crippen LogP contribution in [0.3, 0.4) is 0 Å². The lowest BCUT2D eigenvalue weighted by Crippen LogP contribution is -2.41. The first-order valence-corrected chi connectivity index (χ1v) is 7.78. The van der Waals surface area contributed by atoms with E-state index in [1.165, 1.54) is 43.9 Å². The summed E-state index contributed by atoms with van der Waals surface area (Å²) in [5.74, 6) is -0.154. The van der Waals surface area contributed by atoms with Crippen molar-refractivity contribution in [2.45, 2.75) is 45.1 Å². The van der Waals surface area contributed by atoms with Gasteiger partial charge in [0.25, 0.3) is 0 Å². The fraction of sp³-hybridized carbons (Fsp3) is 0.529. The first-order chi connectivity index (χ1) is 9.79. The Bertz CT molecular complexity index is 571. The van der Waals surface area contributed by atoms with Crippen molar-refractivity contribution in [1.29, 1.82) is 0 Å². The average Bonchev–Trinajstić information content (AvgIpc) is 2.79. The minimum Gasteiger partial charge on any atom is -0.359 e. The molecule has 3 rings (SSSR count). The van der Waals surface area contributed by atoms with Crippen LogP contribution in [0.25, 0.3) is 10.9 Å². The van der Waals surface area contributed by atoms with E-state index in [0.717, 1.165) is 24.4 Å². The molecule has 1 aromatic heterocycles. The van der Waals surface area contributed by atoms with Crippen LogP contribution in [-0.2, 0) is 6.42 Å². The molecule has 108 valence electrons. The van der Waals surface area contributed by atoms with Crippen LogP contribution < -0.4 is 0 Å². The summed E-state index contributed by atoms with van der Waals surface area (Å²) in [6.07, 6.45) is 8.26. The molecule has 0 unspecified atom stereocenters. The number of halogens is 1. The molecule has 1 aliphatic rings. The number of rotatable bonds is 6. The molecule has 0 spiro atoms. The van der Waals surface area contributed by atoms with Crippen LogP contribution >= 0.6 is 0 Å². The summed E-state index contributed by atoms with van der Waals surface area (Å²) < 4.78 is 13.7. The molecule has 0 saturated heterocycles. The summed E-state index contributed by atoms with van der Waals surface area (Å²) in [5.41, 5.74) is 1.88. The van der Waals surface area contributed by atoms with Gasteiger partial charge in [0.1, 0.15) is 5.82 Å². The van der Waals surface area contributed by atoms with Crippen LogP contribution in [0, 0.1) is 5.82 Å². The summed E-state index contributed by atoms with van der Waals surface area (Å²) in [5, 5.41) is 1.04. The quantitative estimate of drug-likeness (QED) is 0.839. The highest BCUT2D eigenvalue weighted by atomic mass is 19.1. The van der Waals surface area contributed by atoms with Gasteiger partial charge in [0.2, 0.25) is 0 Å². The molecular formula is C17H23FN2. The predicted octanol–water partition coefficient (Wildman–Crippen LogP) is 4.11. The summed E-state index contributed by atoms with van der Waals surface area (Å²) in [7, 11) is 0. The second kappa shape index (κ2) is 5.96. The normalized spacial score (nSPS) is 15.9. The van der Waals surface area contributed by atoms with Crippen LogP contribution in [0.5, 0.6) is 0 Å². The van der Waals surface area contributed by atoms with Gasteiger partial charge in [0.05, 0.1) is 5.52 Å². The lowest BCUT2D eigenvalue weighted by molar-refractivity contribution is 0.129. The van der Waals surface area contributed by atoms with Gasteiger partial charge in [-0.3, -0.25) is 0 Å². The number of H-pyrrole nitrogens is 1. The number of fused-ring (bicyclic) bond motifs is 1. The molecule has 2 aromatic rings. The van der Waals surface area contributed by atoms with Crippen LogP contribution in [0.15, 0.2) is 24.4 Å². The van der Waals surface area contributed by atoms with Crippen molar-refractivity contribution in [3.8, 4) is 0 Å². The summed E-state index contributed by atoms with van der Waals surface area (Å²) in [6.45, 7) is 4.51. The maximum Gasteiger partial charge on any atom is 0.147 e. The van der Waals surface area contributed by atoms with Crippen LogP contribution in [0.2, 0.25) is 0 Å². The van der Waals surface area contributed by atoms with E-state index >= 15 is 0 Å². The second-order valence-corrected chi connectivity index (χ2v) is 5.85. The van der Waals surface area contributed by atoms with E-state index in [1.807, 2.05) is 12.3 Å². The fourth-order valence-corrected chi connectivity index (χ4v) is 3.16. The SMILES string of the molecule is CCCN(CCc1c[nH]c2c(F)cccc12)C1CCC1. The zero-order valence-electron chi connectivity index (χ0n) is 12.2. The Morgan fingerprint density at radius 1 is 1.30 bits per heavy atom. The lowest BCUT2D eigenvalue weighted by Gasteiger charge is -2.37. The summed E-state index contributed by atoms with van der Waals surface area (Å²) >= 11 is 0. The molecule has 3 heteroatoms. The molecule has 0 amide bonds. The standard InChI is InChI=1S/C17H23FN2/c1-2-10-20(14-5-3-6-14)11-9-13-12-19-17-15(13)7-4-8-16(17)18/h4,7-8,12,14,19H,2-3,5-6,9-11H2,1H3. The number of nitrogens with zero attached hydrogens (tertiary/aromatic N) is 1. The molecule has 1 aliphatic carbocycles. The van der Waals surface area contributed by atoms with E-state index in [2.05, 4.69) is 16.8 Å². The number of aromatic nitrogens is 1. The van der Waals surface area contributed by atoms with Gasteiger partial charge in [-0.2, -0.15) is 0 Å². The van der Waals surface area contributed by atoms with Crippen LogP contribution in [0.4, 0.5) is 4.39 Å². The Morgan fingerprint density at radius 2 is 2.15 bits per heavy atom. The average molecular weight is 274 g/mol. The largest absolute Gasteiger partial charge is 0.359 e. The Balaban J connectivity index is 1.70. The van der Waals surface area contributed by atoms with E-state index in [1.54, 1.807) is 6.07 Å². The van der Waals surface area contributed by atoms with Crippen molar-refractivity contribution in [3.05, 3.63) is 35.8 Å². The predicted molar refractivity (Wildman–Crippen MR) is 81.5 cm³/mol. The summed E-state index contributed by atoms with van der Waals surface area (Å²) in [6, 6.07) is 6.11. The second-order valence-electron chi connectivity index (χ2n) is 5.85. The molecule has 1 aromatic carbocycles. The number of para-hydroxylation sites is 1. The number of hydrogen-bond acceptors (Lipinski definition) is 1. The molecule has 0 radical (unpaired) electrons. The Labute approximate surface area is 120 Å². The van der Waals surface area contributed by atoms with Crippen molar-refractivity contribution < 1.29 is 4.39 Å². The molecule has 1 saturated carbocycles. The van der Waals surface area contributed by atoms with Gasteiger partial charge in [-0.15, -0.1) is 0 Å². The molecule has 1 N–H and O–H groups in total. The third kappa shape index (κ3) is 2.59. The first-order valence-electron chi connectivity index (χ1n) is 7.78. The van der Waals surface area contributed by atoms with Gasteiger partial charge in [-0.25, -0.2) is 4.39 Å². The van der Waals surface area contributed by atoms with E-state index in [-0.39, 0.29) is 5.82 Å². The van der Waals surface area contributed by atoms with Gasteiger partial charge in [-0.1, -0.05) is 25.5 Å². The smallest absolute Gasteiger partial charge is 0.147 e. The van der Waals surface area contributed by atoms with E-state index in [9.17, 15) is 4.39 Å². The van der Waals surface area contributed by atoms with Crippen LogP contribution in [0.1, 0.15) is 38.2 Å².